The van der Waals surface area contributed by atoms with Crippen molar-refractivity contribution in [1.29, 1.82) is 5.41 Å². The first kappa shape index (κ1) is 11.0. The summed E-state index contributed by atoms with van der Waals surface area (Å²) >= 11 is 0. The predicted octanol–water partition coefficient (Wildman–Crippen LogP) is 2.68. The largest absolute Gasteiger partial charge is 0.384 e. The highest BCUT2D eigenvalue weighted by atomic mass is 14.7. The molecule has 0 aromatic heterocycles. The van der Waals surface area contributed by atoms with Gasteiger partial charge < -0.3 is 5.73 Å². The normalized spacial score (nSPS) is 31.4. The summed E-state index contributed by atoms with van der Waals surface area (Å²) in [7, 11) is 0. The van der Waals surface area contributed by atoms with Gasteiger partial charge in [-0.25, -0.2) is 0 Å². The van der Waals surface area contributed by atoms with E-state index in [1.165, 1.54) is 0 Å². The molecule has 0 saturated carbocycles. The van der Waals surface area contributed by atoms with Gasteiger partial charge in [0.1, 0.15) is 5.84 Å². The van der Waals surface area contributed by atoms with Crippen LogP contribution in [0.1, 0.15) is 26.7 Å². The Kier molecular flexibility index (Phi) is 3.14. The summed E-state index contributed by atoms with van der Waals surface area (Å²) in [5, 5.41) is 7.38. The van der Waals surface area contributed by atoms with Crippen LogP contribution in [0.25, 0.3) is 0 Å². The first-order valence-electron chi connectivity index (χ1n) is 5.14. The van der Waals surface area contributed by atoms with Gasteiger partial charge in [-0.05, 0) is 31.1 Å². The lowest BCUT2D eigenvalue weighted by Crippen LogP contribution is -2.27. The average Bonchev–Trinajstić information content (AvgIpc) is 2.18. The summed E-state index contributed by atoms with van der Waals surface area (Å²) in [6.45, 7) is 8.54. The standard InChI is InChI=1S/C12H19N2/c1-4-10-8-9(11(13)14)6-7-12(10,3)5-2/h6-8,10H,3-5H2,1-2H3,(H3,13,14). The molecule has 0 aromatic rings. The van der Waals surface area contributed by atoms with Crippen molar-refractivity contribution in [2.24, 2.45) is 17.1 Å². The number of amidine groups is 1. The molecule has 2 heteroatoms. The fourth-order valence-corrected chi connectivity index (χ4v) is 1.90. The van der Waals surface area contributed by atoms with E-state index in [2.05, 4.69) is 32.9 Å². The van der Waals surface area contributed by atoms with Gasteiger partial charge in [0.25, 0.3) is 0 Å². The minimum Gasteiger partial charge on any atom is -0.384 e. The first-order chi connectivity index (χ1) is 6.53. The van der Waals surface area contributed by atoms with Crippen molar-refractivity contribution in [3.63, 3.8) is 0 Å². The Morgan fingerprint density at radius 3 is 2.71 bits per heavy atom. The van der Waals surface area contributed by atoms with Gasteiger partial charge in [0.15, 0.2) is 0 Å². The van der Waals surface area contributed by atoms with Gasteiger partial charge in [-0.2, -0.15) is 0 Å². The number of hydrogen-bond acceptors (Lipinski definition) is 1. The van der Waals surface area contributed by atoms with Gasteiger partial charge in [0.05, 0.1) is 0 Å². The third-order valence-corrected chi connectivity index (χ3v) is 3.12. The third-order valence-electron chi connectivity index (χ3n) is 3.12. The number of hydrogen-bond donors (Lipinski definition) is 2. The van der Waals surface area contributed by atoms with E-state index < -0.39 is 0 Å². The Labute approximate surface area is 86.4 Å². The second-order valence-electron chi connectivity index (χ2n) is 3.97. The number of rotatable bonds is 3. The van der Waals surface area contributed by atoms with E-state index in [-0.39, 0.29) is 11.3 Å². The zero-order chi connectivity index (χ0) is 10.8. The van der Waals surface area contributed by atoms with E-state index >= 15 is 0 Å². The molecule has 2 nitrogen and oxygen atoms in total. The highest BCUT2D eigenvalue weighted by molar-refractivity contribution is 5.97. The molecule has 0 aromatic carbocycles. The molecule has 0 amide bonds. The molecule has 1 rings (SSSR count). The fraction of sp³-hybridized carbons (Fsp3) is 0.500. The molecule has 1 radical (unpaired) electrons. The van der Waals surface area contributed by atoms with Gasteiger partial charge in [-0.15, -0.1) is 0 Å². The van der Waals surface area contributed by atoms with Crippen molar-refractivity contribution in [3.8, 4) is 0 Å². The van der Waals surface area contributed by atoms with E-state index in [9.17, 15) is 0 Å². The molecule has 0 aliphatic heterocycles. The predicted molar refractivity (Wildman–Crippen MR) is 61.0 cm³/mol. The number of nitrogens with one attached hydrogen (secondary N) is 1. The van der Waals surface area contributed by atoms with Crippen molar-refractivity contribution in [2.75, 3.05) is 0 Å². The van der Waals surface area contributed by atoms with E-state index in [0.717, 1.165) is 18.4 Å². The van der Waals surface area contributed by atoms with Gasteiger partial charge in [0, 0.05) is 5.57 Å². The second kappa shape index (κ2) is 3.99. The van der Waals surface area contributed by atoms with Crippen molar-refractivity contribution in [3.05, 3.63) is 30.7 Å². The Balaban J connectivity index is 2.96. The van der Waals surface area contributed by atoms with E-state index in [1.807, 2.05) is 6.08 Å². The lowest BCUT2D eigenvalue weighted by atomic mass is 9.70. The second-order valence-corrected chi connectivity index (χ2v) is 3.97. The highest BCUT2D eigenvalue weighted by Gasteiger charge is 2.30. The summed E-state index contributed by atoms with van der Waals surface area (Å²) in [6.07, 6.45) is 8.16. The fourth-order valence-electron chi connectivity index (χ4n) is 1.90. The molecule has 2 unspecified atom stereocenters. The van der Waals surface area contributed by atoms with Crippen LogP contribution in [-0.2, 0) is 0 Å². The van der Waals surface area contributed by atoms with E-state index in [1.54, 1.807) is 0 Å². The van der Waals surface area contributed by atoms with Crippen molar-refractivity contribution in [1.82, 2.24) is 0 Å². The van der Waals surface area contributed by atoms with Crippen LogP contribution >= 0.6 is 0 Å². The average molecular weight is 191 g/mol. The Morgan fingerprint density at radius 1 is 1.64 bits per heavy atom. The van der Waals surface area contributed by atoms with Gasteiger partial charge in [-0.1, -0.05) is 32.1 Å². The smallest absolute Gasteiger partial charge is 0.122 e. The van der Waals surface area contributed by atoms with Crippen molar-refractivity contribution >= 4 is 5.84 Å². The number of nitrogens with two attached hydrogens (primary N) is 1. The monoisotopic (exact) mass is 191 g/mol. The van der Waals surface area contributed by atoms with Crippen LogP contribution in [0.5, 0.6) is 0 Å². The minimum absolute atomic E-state index is 0.00625. The van der Waals surface area contributed by atoms with Crippen LogP contribution in [0.4, 0.5) is 0 Å². The summed E-state index contributed by atoms with van der Waals surface area (Å²) in [5.41, 5.74) is 6.29. The SMILES string of the molecule is [CH2]C1(CC)C=CC(C(=N)N)=CC1CC. The summed E-state index contributed by atoms with van der Waals surface area (Å²) in [5.74, 6) is 0.550. The molecule has 77 valence electrons. The zero-order valence-corrected chi connectivity index (χ0v) is 9.01. The minimum atomic E-state index is -0.00625. The molecular formula is C12H19N2. The molecule has 0 fully saturated rings. The summed E-state index contributed by atoms with van der Waals surface area (Å²) < 4.78 is 0. The van der Waals surface area contributed by atoms with Crippen LogP contribution in [0.15, 0.2) is 23.8 Å². The molecule has 14 heavy (non-hydrogen) atoms. The summed E-state index contributed by atoms with van der Waals surface area (Å²) in [4.78, 5) is 0. The molecule has 3 N–H and O–H groups in total. The van der Waals surface area contributed by atoms with E-state index in [0.29, 0.717) is 5.92 Å². The van der Waals surface area contributed by atoms with Gasteiger partial charge in [0.2, 0.25) is 0 Å². The third kappa shape index (κ3) is 1.89. The maximum Gasteiger partial charge on any atom is 0.122 e. The Morgan fingerprint density at radius 2 is 2.29 bits per heavy atom. The molecule has 0 saturated heterocycles. The van der Waals surface area contributed by atoms with Crippen LogP contribution in [0.3, 0.4) is 0 Å². The van der Waals surface area contributed by atoms with Gasteiger partial charge >= 0.3 is 0 Å². The molecular weight excluding hydrogens is 172 g/mol. The maximum atomic E-state index is 7.38. The topological polar surface area (TPSA) is 49.9 Å². The van der Waals surface area contributed by atoms with Crippen LogP contribution < -0.4 is 5.73 Å². The van der Waals surface area contributed by atoms with Crippen molar-refractivity contribution in [2.45, 2.75) is 26.7 Å². The highest BCUT2D eigenvalue weighted by Crippen LogP contribution is 2.39. The Hall–Kier alpha value is -1.05. The van der Waals surface area contributed by atoms with Crippen LogP contribution in [0, 0.1) is 23.7 Å². The Bertz CT molecular complexity index is 289. The summed E-state index contributed by atoms with van der Waals surface area (Å²) in [6, 6.07) is 0. The maximum absolute atomic E-state index is 7.38. The quantitative estimate of drug-likeness (QED) is 0.523. The lowest BCUT2D eigenvalue weighted by Gasteiger charge is -2.34. The van der Waals surface area contributed by atoms with Crippen LogP contribution in [-0.4, -0.2) is 5.84 Å². The van der Waals surface area contributed by atoms with E-state index in [4.69, 9.17) is 11.1 Å². The lowest BCUT2D eigenvalue weighted by molar-refractivity contribution is 0.327. The first-order valence-corrected chi connectivity index (χ1v) is 5.14. The molecule has 0 heterocycles. The van der Waals surface area contributed by atoms with Crippen LogP contribution in [0.2, 0.25) is 0 Å². The molecule has 2 atom stereocenters. The molecule has 0 spiro atoms. The van der Waals surface area contributed by atoms with Crippen molar-refractivity contribution < 1.29 is 0 Å². The number of allylic oxidation sites excluding steroid dienone is 2. The van der Waals surface area contributed by atoms with Gasteiger partial charge in [-0.3, -0.25) is 5.41 Å². The molecule has 0 bridgehead atoms. The molecule has 1 aliphatic rings. The zero-order valence-electron chi connectivity index (χ0n) is 9.01. The molecule has 1 aliphatic carbocycles.